The van der Waals surface area contributed by atoms with Gasteiger partial charge in [-0.3, -0.25) is 9.52 Å². The van der Waals surface area contributed by atoms with Crippen LogP contribution in [0.5, 0.6) is 0 Å². The van der Waals surface area contributed by atoms with Crippen molar-refractivity contribution < 1.29 is 13.2 Å². The van der Waals surface area contributed by atoms with Crippen LogP contribution in [0.15, 0.2) is 24.3 Å². The molecule has 21 heavy (non-hydrogen) atoms. The number of nitrogens with one attached hydrogen (secondary N) is 3. The lowest BCUT2D eigenvalue weighted by Crippen LogP contribution is -2.33. The van der Waals surface area contributed by atoms with E-state index in [1.54, 1.807) is 24.3 Å². The van der Waals surface area contributed by atoms with Gasteiger partial charge in [-0.15, -0.1) is 0 Å². The summed E-state index contributed by atoms with van der Waals surface area (Å²) in [6, 6.07) is 6.83. The summed E-state index contributed by atoms with van der Waals surface area (Å²) < 4.78 is 24.7. The molecule has 0 fully saturated rings. The Bertz CT molecular complexity index is 558. The lowest BCUT2D eigenvalue weighted by Gasteiger charge is -2.08. The quantitative estimate of drug-likeness (QED) is 0.586. The van der Waals surface area contributed by atoms with Crippen molar-refractivity contribution in [2.45, 2.75) is 19.8 Å². The van der Waals surface area contributed by atoms with Crippen LogP contribution < -0.4 is 15.4 Å². The minimum absolute atomic E-state index is 0.0789. The van der Waals surface area contributed by atoms with Crippen molar-refractivity contribution in [2.24, 2.45) is 0 Å². The third kappa shape index (κ3) is 8.31. The van der Waals surface area contributed by atoms with Crippen molar-refractivity contribution >= 4 is 21.6 Å². The molecular weight excluding hydrogens is 290 g/mol. The minimum atomic E-state index is -3.30. The van der Waals surface area contributed by atoms with Crippen molar-refractivity contribution in [2.75, 3.05) is 30.6 Å². The van der Waals surface area contributed by atoms with Crippen LogP contribution in [-0.2, 0) is 21.2 Å². The molecule has 6 nitrogen and oxygen atoms in total. The summed E-state index contributed by atoms with van der Waals surface area (Å²) in [4.78, 5) is 11.8. The van der Waals surface area contributed by atoms with Crippen molar-refractivity contribution in [3.8, 4) is 0 Å². The standard InChI is InChI=1S/C14H23N3O3S/c1-3-7-15-8-9-16-14(18)11-12-5-4-6-13(10-12)17-21(2,19)20/h4-6,10,15,17H,3,7-9,11H2,1-2H3,(H,16,18). The average Bonchev–Trinajstić information content (AvgIpc) is 2.37. The van der Waals surface area contributed by atoms with E-state index in [4.69, 9.17) is 0 Å². The molecule has 0 unspecified atom stereocenters. The van der Waals surface area contributed by atoms with Gasteiger partial charge in [0.15, 0.2) is 0 Å². The molecule has 0 aliphatic heterocycles. The van der Waals surface area contributed by atoms with Gasteiger partial charge in [-0.2, -0.15) is 0 Å². The molecular formula is C14H23N3O3S. The number of hydrogen-bond acceptors (Lipinski definition) is 4. The first-order valence-electron chi connectivity index (χ1n) is 6.95. The normalized spacial score (nSPS) is 11.1. The Balaban J connectivity index is 2.43. The topological polar surface area (TPSA) is 87.3 Å². The Kier molecular flexibility index (Phi) is 7.18. The number of sulfonamides is 1. The third-order valence-electron chi connectivity index (χ3n) is 2.65. The predicted octanol–water partition coefficient (Wildman–Crippen LogP) is 0.716. The van der Waals surface area contributed by atoms with Gasteiger partial charge >= 0.3 is 0 Å². The van der Waals surface area contributed by atoms with Gasteiger partial charge in [-0.1, -0.05) is 19.1 Å². The van der Waals surface area contributed by atoms with Gasteiger partial charge in [0.2, 0.25) is 15.9 Å². The Morgan fingerprint density at radius 2 is 1.95 bits per heavy atom. The van der Waals surface area contributed by atoms with E-state index >= 15 is 0 Å². The van der Waals surface area contributed by atoms with Gasteiger partial charge in [0.1, 0.15) is 0 Å². The highest BCUT2D eigenvalue weighted by Crippen LogP contribution is 2.12. The molecule has 3 N–H and O–H groups in total. The molecule has 0 spiro atoms. The maximum absolute atomic E-state index is 11.8. The molecule has 0 aliphatic rings. The molecule has 1 amide bonds. The summed E-state index contributed by atoms with van der Waals surface area (Å²) in [5, 5.41) is 6.02. The van der Waals surface area contributed by atoms with Crippen molar-refractivity contribution in [3.05, 3.63) is 29.8 Å². The number of hydrogen-bond donors (Lipinski definition) is 3. The van der Waals surface area contributed by atoms with Gasteiger partial charge in [-0.05, 0) is 30.7 Å². The highest BCUT2D eigenvalue weighted by molar-refractivity contribution is 7.92. The summed E-state index contributed by atoms with van der Waals surface area (Å²) >= 11 is 0. The number of rotatable bonds is 9. The smallest absolute Gasteiger partial charge is 0.229 e. The monoisotopic (exact) mass is 313 g/mol. The first-order chi connectivity index (χ1) is 9.90. The molecule has 118 valence electrons. The SMILES string of the molecule is CCCNCCNC(=O)Cc1cccc(NS(C)(=O)=O)c1. The van der Waals surface area contributed by atoms with E-state index in [0.717, 1.165) is 31.3 Å². The number of anilines is 1. The second-order valence-electron chi connectivity index (χ2n) is 4.85. The lowest BCUT2D eigenvalue weighted by molar-refractivity contribution is -0.120. The van der Waals surface area contributed by atoms with Crippen LogP contribution in [0.25, 0.3) is 0 Å². The van der Waals surface area contributed by atoms with Gasteiger partial charge in [-0.25, -0.2) is 8.42 Å². The number of carbonyl (C=O) groups is 1. The molecule has 0 saturated heterocycles. The van der Waals surface area contributed by atoms with Crippen LogP contribution in [0.2, 0.25) is 0 Å². The Labute approximate surface area is 126 Å². The Hall–Kier alpha value is -1.60. The van der Waals surface area contributed by atoms with Crippen molar-refractivity contribution in [1.29, 1.82) is 0 Å². The molecule has 1 rings (SSSR count). The van der Waals surface area contributed by atoms with Crippen molar-refractivity contribution in [3.63, 3.8) is 0 Å². The molecule has 0 atom stereocenters. The largest absolute Gasteiger partial charge is 0.355 e. The van der Waals surface area contributed by atoms with E-state index in [-0.39, 0.29) is 12.3 Å². The fourth-order valence-corrected chi connectivity index (χ4v) is 2.35. The van der Waals surface area contributed by atoms with Gasteiger partial charge in [0, 0.05) is 18.8 Å². The van der Waals surface area contributed by atoms with Crippen LogP contribution in [0.1, 0.15) is 18.9 Å². The van der Waals surface area contributed by atoms with Gasteiger partial charge in [0.25, 0.3) is 0 Å². The average molecular weight is 313 g/mol. The zero-order chi connectivity index (χ0) is 15.7. The minimum Gasteiger partial charge on any atom is -0.355 e. The summed E-state index contributed by atoms with van der Waals surface area (Å²) in [7, 11) is -3.30. The van der Waals surface area contributed by atoms with Gasteiger partial charge < -0.3 is 10.6 Å². The van der Waals surface area contributed by atoms with Crippen molar-refractivity contribution in [1.82, 2.24) is 10.6 Å². The second kappa shape index (κ2) is 8.63. The molecule has 0 aromatic heterocycles. The molecule has 0 saturated carbocycles. The van der Waals surface area contributed by atoms with E-state index in [2.05, 4.69) is 22.3 Å². The maximum atomic E-state index is 11.8. The first kappa shape index (κ1) is 17.5. The number of carbonyl (C=O) groups excluding carboxylic acids is 1. The maximum Gasteiger partial charge on any atom is 0.229 e. The van der Waals surface area contributed by atoms with Crippen LogP contribution in [0.3, 0.4) is 0 Å². The van der Waals surface area contributed by atoms with E-state index in [9.17, 15) is 13.2 Å². The summed E-state index contributed by atoms with van der Waals surface area (Å²) in [5.41, 5.74) is 1.23. The van der Waals surface area contributed by atoms with Crippen LogP contribution in [-0.4, -0.2) is 40.2 Å². The molecule has 1 aromatic carbocycles. The number of benzene rings is 1. The van der Waals surface area contributed by atoms with Crippen LogP contribution in [0, 0.1) is 0 Å². The third-order valence-corrected chi connectivity index (χ3v) is 3.25. The predicted molar refractivity (Wildman–Crippen MR) is 84.8 cm³/mol. The van der Waals surface area contributed by atoms with Crippen LogP contribution >= 0.6 is 0 Å². The zero-order valence-corrected chi connectivity index (χ0v) is 13.3. The molecule has 0 radical (unpaired) electrons. The van der Waals surface area contributed by atoms with Gasteiger partial charge in [0.05, 0.1) is 12.7 Å². The number of amides is 1. The Morgan fingerprint density at radius 1 is 1.19 bits per heavy atom. The first-order valence-corrected chi connectivity index (χ1v) is 8.84. The molecule has 0 bridgehead atoms. The fourth-order valence-electron chi connectivity index (χ4n) is 1.80. The Morgan fingerprint density at radius 3 is 2.62 bits per heavy atom. The summed E-state index contributed by atoms with van der Waals surface area (Å²) in [5.74, 6) is -0.0789. The van der Waals surface area contributed by atoms with E-state index in [1.165, 1.54) is 0 Å². The molecule has 0 aliphatic carbocycles. The van der Waals surface area contributed by atoms with Crippen LogP contribution in [0.4, 0.5) is 5.69 Å². The fraction of sp³-hybridized carbons (Fsp3) is 0.500. The van der Waals surface area contributed by atoms with E-state index < -0.39 is 10.0 Å². The molecule has 7 heteroatoms. The highest BCUT2D eigenvalue weighted by Gasteiger charge is 2.06. The van der Waals surface area contributed by atoms with E-state index in [1.807, 2.05) is 0 Å². The highest BCUT2D eigenvalue weighted by atomic mass is 32.2. The second-order valence-corrected chi connectivity index (χ2v) is 6.60. The van der Waals surface area contributed by atoms with E-state index in [0.29, 0.717) is 12.2 Å². The summed E-state index contributed by atoms with van der Waals surface area (Å²) in [6.07, 6.45) is 2.39. The lowest BCUT2D eigenvalue weighted by atomic mass is 10.1. The molecule has 0 heterocycles. The zero-order valence-electron chi connectivity index (χ0n) is 12.5. The summed E-state index contributed by atoms with van der Waals surface area (Å²) in [6.45, 7) is 4.35. The molecule has 1 aromatic rings.